The molecule has 1 N–H and O–H groups in total. The van der Waals surface area contributed by atoms with Crippen LogP contribution in [0.3, 0.4) is 0 Å². The number of halogens is 2. The molecule has 1 aromatic carbocycles. The molecular formula is C13H15Cl2NO2S. The van der Waals surface area contributed by atoms with Crippen molar-refractivity contribution in [2.24, 2.45) is 0 Å². The second-order valence-corrected chi connectivity index (χ2v) is 7.33. The minimum atomic E-state index is -3.05. The van der Waals surface area contributed by atoms with E-state index in [0.717, 1.165) is 12.0 Å². The Balaban J connectivity index is 2.15. The molecule has 0 amide bonds. The molecule has 6 heteroatoms. The molecule has 0 bridgehead atoms. The highest BCUT2D eigenvalue weighted by Gasteiger charge is 2.24. The SMILES string of the molecule is CCC(NC1C=CS(=O)(=O)C1)c1ccc(Cl)cc1Cl. The maximum Gasteiger partial charge on any atom is 0.173 e. The predicted octanol–water partition coefficient (Wildman–Crippen LogP) is 3.34. The number of benzene rings is 1. The van der Waals surface area contributed by atoms with Gasteiger partial charge in [0.2, 0.25) is 0 Å². The van der Waals surface area contributed by atoms with Crippen molar-refractivity contribution in [2.75, 3.05) is 5.75 Å². The van der Waals surface area contributed by atoms with E-state index in [1.807, 2.05) is 13.0 Å². The zero-order valence-electron chi connectivity index (χ0n) is 10.4. The molecule has 0 fully saturated rings. The van der Waals surface area contributed by atoms with Gasteiger partial charge in [0.15, 0.2) is 9.84 Å². The molecule has 19 heavy (non-hydrogen) atoms. The van der Waals surface area contributed by atoms with Crippen LogP contribution in [0.15, 0.2) is 29.7 Å². The van der Waals surface area contributed by atoms with Crippen LogP contribution in [0.25, 0.3) is 0 Å². The maximum atomic E-state index is 11.4. The molecule has 104 valence electrons. The van der Waals surface area contributed by atoms with Gasteiger partial charge in [-0.15, -0.1) is 0 Å². The molecule has 2 atom stereocenters. The fraction of sp³-hybridized carbons (Fsp3) is 0.385. The zero-order valence-corrected chi connectivity index (χ0v) is 12.8. The molecule has 0 aliphatic carbocycles. The van der Waals surface area contributed by atoms with Gasteiger partial charge in [0.05, 0.1) is 5.75 Å². The van der Waals surface area contributed by atoms with Crippen LogP contribution in [-0.2, 0) is 9.84 Å². The van der Waals surface area contributed by atoms with E-state index in [0.29, 0.717) is 10.0 Å². The number of hydrogen-bond acceptors (Lipinski definition) is 3. The van der Waals surface area contributed by atoms with Crippen LogP contribution in [-0.4, -0.2) is 20.2 Å². The van der Waals surface area contributed by atoms with Crippen LogP contribution in [0.4, 0.5) is 0 Å². The second kappa shape index (κ2) is 5.83. The molecule has 0 saturated carbocycles. The summed E-state index contributed by atoms with van der Waals surface area (Å²) in [6, 6.07) is 5.20. The monoisotopic (exact) mass is 319 g/mol. The summed E-state index contributed by atoms with van der Waals surface area (Å²) in [7, 11) is -3.05. The summed E-state index contributed by atoms with van der Waals surface area (Å²) in [5, 5.41) is 5.75. The maximum absolute atomic E-state index is 11.4. The van der Waals surface area contributed by atoms with Crippen molar-refractivity contribution < 1.29 is 8.42 Å². The van der Waals surface area contributed by atoms with Gasteiger partial charge in [-0.2, -0.15) is 0 Å². The van der Waals surface area contributed by atoms with Gasteiger partial charge in [-0.3, -0.25) is 0 Å². The second-order valence-electron chi connectivity index (χ2n) is 4.56. The minimum absolute atomic E-state index is 0.00715. The number of nitrogens with one attached hydrogen (secondary N) is 1. The van der Waals surface area contributed by atoms with Crippen LogP contribution < -0.4 is 5.32 Å². The quantitative estimate of drug-likeness (QED) is 0.925. The van der Waals surface area contributed by atoms with Gasteiger partial charge in [-0.25, -0.2) is 8.42 Å². The lowest BCUT2D eigenvalue weighted by Gasteiger charge is -2.22. The number of rotatable bonds is 4. The summed E-state index contributed by atoms with van der Waals surface area (Å²) in [4.78, 5) is 0. The van der Waals surface area contributed by atoms with Crippen molar-refractivity contribution in [3.05, 3.63) is 45.3 Å². The lowest BCUT2D eigenvalue weighted by molar-refractivity contribution is 0.491. The van der Waals surface area contributed by atoms with Crippen LogP contribution >= 0.6 is 23.2 Å². The Morgan fingerprint density at radius 3 is 2.68 bits per heavy atom. The van der Waals surface area contributed by atoms with E-state index in [9.17, 15) is 8.42 Å². The van der Waals surface area contributed by atoms with E-state index in [-0.39, 0.29) is 17.8 Å². The Bertz CT molecular complexity index is 599. The molecule has 0 saturated heterocycles. The first-order chi connectivity index (χ1) is 8.91. The highest BCUT2D eigenvalue weighted by Crippen LogP contribution is 2.29. The highest BCUT2D eigenvalue weighted by atomic mass is 35.5. The molecular weight excluding hydrogens is 305 g/mol. The van der Waals surface area contributed by atoms with E-state index >= 15 is 0 Å². The van der Waals surface area contributed by atoms with E-state index in [2.05, 4.69) is 5.32 Å². The molecule has 0 spiro atoms. The van der Waals surface area contributed by atoms with Gasteiger partial charge in [-0.1, -0.05) is 42.3 Å². The first-order valence-corrected chi connectivity index (χ1v) is 8.50. The third-order valence-electron chi connectivity index (χ3n) is 3.09. The van der Waals surface area contributed by atoms with Crippen LogP contribution in [0.5, 0.6) is 0 Å². The van der Waals surface area contributed by atoms with E-state index in [1.165, 1.54) is 5.41 Å². The fourth-order valence-electron chi connectivity index (χ4n) is 2.15. The summed E-state index contributed by atoms with van der Waals surface area (Å²) < 4.78 is 22.8. The average Bonchev–Trinajstić information content (AvgIpc) is 2.66. The van der Waals surface area contributed by atoms with Crippen molar-refractivity contribution in [3.63, 3.8) is 0 Å². The normalized spacial score (nSPS) is 22.6. The molecule has 2 rings (SSSR count). The van der Waals surface area contributed by atoms with Gasteiger partial charge < -0.3 is 5.32 Å². The summed E-state index contributed by atoms with van der Waals surface area (Å²) in [5.74, 6) is 0.106. The van der Waals surface area contributed by atoms with Crippen molar-refractivity contribution in [1.82, 2.24) is 5.32 Å². The third-order valence-corrected chi connectivity index (χ3v) is 5.05. The smallest absolute Gasteiger partial charge is 0.173 e. The standard InChI is InChI=1S/C13H15Cl2NO2S/c1-2-13(11-4-3-9(14)7-12(11)15)16-10-5-6-19(17,18)8-10/h3-7,10,13,16H,2,8H2,1H3. The lowest BCUT2D eigenvalue weighted by Crippen LogP contribution is -2.33. The van der Waals surface area contributed by atoms with Crippen molar-refractivity contribution >= 4 is 33.0 Å². The van der Waals surface area contributed by atoms with Gasteiger partial charge in [-0.05, 0) is 24.1 Å². The topological polar surface area (TPSA) is 46.2 Å². The van der Waals surface area contributed by atoms with E-state index in [4.69, 9.17) is 23.2 Å². The molecule has 1 aliphatic heterocycles. The predicted molar refractivity (Wildman–Crippen MR) is 79.3 cm³/mol. The Morgan fingerprint density at radius 1 is 1.42 bits per heavy atom. The first-order valence-electron chi connectivity index (χ1n) is 6.03. The largest absolute Gasteiger partial charge is 0.303 e. The van der Waals surface area contributed by atoms with E-state index in [1.54, 1.807) is 18.2 Å². The summed E-state index contributed by atoms with van der Waals surface area (Å²) in [6.45, 7) is 2.02. The van der Waals surface area contributed by atoms with E-state index < -0.39 is 9.84 Å². The van der Waals surface area contributed by atoms with Gasteiger partial charge in [0, 0.05) is 27.5 Å². The summed E-state index contributed by atoms with van der Waals surface area (Å²) >= 11 is 12.1. The highest BCUT2D eigenvalue weighted by molar-refractivity contribution is 7.94. The lowest BCUT2D eigenvalue weighted by atomic mass is 10.0. The Morgan fingerprint density at radius 2 is 2.16 bits per heavy atom. The Kier molecular flexibility index (Phi) is 4.56. The molecule has 0 radical (unpaired) electrons. The molecule has 0 aromatic heterocycles. The molecule has 3 nitrogen and oxygen atoms in total. The molecule has 1 aromatic rings. The molecule has 1 aliphatic rings. The molecule has 2 unspecified atom stereocenters. The Hall–Kier alpha value is -0.550. The summed E-state index contributed by atoms with van der Waals surface area (Å²) in [5.41, 5.74) is 0.936. The summed E-state index contributed by atoms with van der Waals surface area (Å²) in [6.07, 6.45) is 2.49. The van der Waals surface area contributed by atoms with Gasteiger partial charge in [0.25, 0.3) is 0 Å². The average molecular weight is 320 g/mol. The fourth-order valence-corrected chi connectivity index (χ4v) is 3.94. The minimum Gasteiger partial charge on any atom is -0.303 e. The third kappa shape index (κ3) is 3.72. The van der Waals surface area contributed by atoms with Crippen molar-refractivity contribution in [3.8, 4) is 0 Å². The van der Waals surface area contributed by atoms with Gasteiger partial charge in [0.1, 0.15) is 0 Å². The van der Waals surface area contributed by atoms with Crippen molar-refractivity contribution in [1.29, 1.82) is 0 Å². The zero-order chi connectivity index (χ0) is 14.0. The van der Waals surface area contributed by atoms with Crippen LogP contribution in [0.1, 0.15) is 24.9 Å². The number of hydrogen-bond donors (Lipinski definition) is 1. The Labute approximate surface area is 123 Å². The van der Waals surface area contributed by atoms with Crippen LogP contribution in [0.2, 0.25) is 10.0 Å². The first kappa shape index (κ1) is 14.9. The van der Waals surface area contributed by atoms with Gasteiger partial charge >= 0.3 is 0 Å². The number of sulfone groups is 1. The van der Waals surface area contributed by atoms with Crippen LogP contribution in [0, 0.1) is 0 Å². The van der Waals surface area contributed by atoms with Crippen molar-refractivity contribution in [2.45, 2.75) is 25.4 Å². The molecule has 1 heterocycles.